The lowest BCUT2D eigenvalue weighted by atomic mass is 10.2. The first-order chi connectivity index (χ1) is 11.3. The van der Waals surface area contributed by atoms with E-state index in [2.05, 4.69) is 15.6 Å². The van der Waals surface area contributed by atoms with Gasteiger partial charge in [0.2, 0.25) is 0 Å². The third-order valence-corrected chi connectivity index (χ3v) is 4.97. The Hall–Kier alpha value is -2.56. The molecule has 1 aromatic rings. The van der Waals surface area contributed by atoms with Crippen LogP contribution in [0.1, 0.15) is 13.3 Å². The highest BCUT2D eigenvalue weighted by atomic mass is 32.2. The molecule has 1 fully saturated rings. The number of nitrogens with one attached hydrogen (secondary N) is 3. The van der Waals surface area contributed by atoms with Gasteiger partial charge in [0.25, 0.3) is 5.91 Å². The fraction of sp³-hybridized carbons (Fsp3) is 0.385. The molecule has 11 heteroatoms. The Morgan fingerprint density at radius 3 is 2.79 bits per heavy atom. The summed E-state index contributed by atoms with van der Waals surface area (Å²) < 4.78 is 40.1. The number of benzene rings is 1. The molecule has 2 aliphatic heterocycles. The number of hydrogen-bond donors (Lipinski definition) is 4. The summed E-state index contributed by atoms with van der Waals surface area (Å²) in [6.07, 6.45) is 0.873. The van der Waals surface area contributed by atoms with E-state index < -0.39 is 39.9 Å². The minimum atomic E-state index is -4.20. The first kappa shape index (κ1) is 16.3. The van der Waals surface area contributed by atoms with Crippen molar-refractivity contribution in [1.82, 2.24) is 10.0 Å². The molecular weight excluding hydrogens is 341 g/mol. The zero-order valence-electron chi connectivity index (χ0n) is 12.7. The number of halogens is 1. The average molecular weight is 357 g/mol. The van der Waals surface area contributed by atoms with Crippen LogP contribution >= 0.6 is 0 Å². The molecule has 0 spiro atoms. The number of phenols is 1. The molecule has 1 saturated heterocycles. The number of guanidine groups is 1. The van der Waals surface area contributed by atoms with Gasteiger partial charge in [-0.1, -0.05) is 0 Å². The van der Waals surface area contributed by atoms with Gasteiger partial charge in [-0.2, -0.15) is 8.42 Å². The molecule has 2 heterocycles. The number of nitrogens with zero attached hydrogens (tertiary/aromatic N) is 2. The van der Waals surface area contributed by atoms with E-state index in [1.807, 2.05) is 6.92 Å². The lowest BCUT2D eigenvalue weighted by Crippen LogP contribution is -2.41. The van der Waals surface area contributed by atoms with Crippen LogP contribution in [0.4, 0.5) is 15.8 Å². The minimum absolute atomic E-state index is 0.199. The van der Waals surface area contributed by atoms with Crippen LogP contribution in [0.25, 0.3) is 0 Å². The summed E-state index contributed by atoms with van der Waals surface area (Å²) >= 11 is 0. The molecule has 24 heavy (non-hydrogen) atoms. The summed E-state index contributed by atoms with van der Waals surface area (Å²) in [6.45, 7) is 1.99. The SMILES string of the molecule is CC1CCN=C(Nc2cc(O)c(N3CC(=O)NS3(=O)=O)c(F)c2)N1. The largest absolute Gasteiger partial charge is 0.506 e. The number of aromatic hydroxyl groups is 1. The van der Waals surface area contributed by atoms with E-state index in [0.29, 0.717) is 16.8 Å². The normalized spacial score (nSPS) is 22.6. The van der Waals surface area contributed by atoms with Gasteiger partial charge in [-0.25, -0.2) is 13.4 Å². The maximum absolute atomic E-state index is 14.4. The summed E-state index contributed by atoms with van der Waals surface area (Å²) in [4.78, 5) is 15.4. The minimum Gasteiger partial charge on any atom is -0.506 e. The van der Waals surface area contributed by atoms with Gasteiger partial charge in [-0.15, -0.1) is 0 Å². The van der Waals surface area contributed by atoms with Gasteiger partial charge in [0.1, 0.15) is 18.0 Å². The molecule has 0 aromatic heterocycles. The highest BCUT2D eigenvalue weighted by Gasteiger charge is 2.37. The standard InChI is InChI=1S/C13H16FN5O4S/c1-7-2-3-15-13(16-7)17-8-4-9(14)12(10(20)5-8)19-6-11(21)18-24(19,22)23/h4-5,7,20H,2-3,6H2,1H3,(H,18,21)(H2,15,16,17). The van der Waals surface area contributed by atoms with Crippen molar-refractivity contribution in [3.05, 3.63) is 17.9 Å². The molecule has 2 aliphatic rings. The van der Waals surface area contributed by atoms with Crippen molar-refractivity contribution in [2.45, 2.75) is 19.4 Å². The molecule has 9 nitrogen and oxygen atoms in total. The second kappa shape index (κ2) is 5.82. The van der Waals surface area contributed by atoms with Gasteiger partial charge in [0.05, 0.1) is 0 Å². The van der Waals surface area contributed by atoms with Gasteiger partial charge in [-0.05, 0) is 19.4 Å². The predicted octanol–water partition coefficient (Wildman–Crippen LogP) is -0.138. The topological polar surface area (TPSA) is 123 Å². The first-order valence-electron chi connectivity index (χ1n) is 7.20. The molecule has 3 rings (SSSR count). The number of carbonyl (C=O) groups is 1. The molecule has 0 saturated carbocycles. The van der Waals surface area contributed by atoms with E-state index in [4.69, 9.17) is 0 Å². The Kier molecular flexibility index (Phi) is 3.95. The molecule has 4 N–H and O–H groups in total. The molecular formula is C13H16FN5O4S. The van der Waals surface area contributed by atoms with Crippen LogP contribution in [0.3, 0.4) is 0 Å². The Bertz CT molecular complexity index is 803. The summed E-state index contributed by atoms with van der Waals surface area (Å²) in [7, 11) is -4.20. The van der Waals surface area contributed by atoms with Crippen LogP contribution in [-0.4, -0.2) is 44.5 Å². The highest BCUT2D eigenvalue weighted by Crippen LogP contribution is 2.36. The van der Waals surface area contributed by atoms with E-state index in [-0.39, 0.29) is 11.7 Å². The van der Waals surface area contributed by atoms with Gasteiger partial charge in [0.15, 0.2) is 11.8 Å². The van der Waals surface area contributed by atoms with Gasteiger partial charge < -0.3 is 15.7 Å². The Balaban J connectivity index is 1.90. The molecule has 0 radical (unpaired) electrons. The molecule has 130 valence electrons. The summed E-state index contributed by atoms with van der Waals surface area (Å²) in [5, 5.41) is 15.9. The number of carbonyl (C=O) groups excluding carboxylic acids is 1. The molecule has 1 amide bonds. The maximum Gasteiger partial charge on any atom is 0.326 e. The Morgan fingerprint density at radius 2 is 2.21 bits per heavy atom. The lowest BCUT2D eigenvalue weighted by Gasteiger charge is -2.23. The summed E-state index contributed by atoms with van der Waals surface area (Å²) in [5.74, 6) is -1.96. The van der Waals surface area contributed by atoms with Gasteiger partial charge >= 0.3 is 10.2 Å². The van der Waals surface area contributed by atoms with E-state index in [1.54, 1.807) is 4.72 Å². The maximum atomic E-state index is 14.4. The number of hydrogen-bond acceptors (Lipinski definition) is 7. The van der Waals surface area contributed by atoms with E-state index in [0.717, 1.165) is 12.5 Å². The highest BCUT2D eigenvalue weighted by molar-refractivity contribution is 7.92. The van der Waals surface area contributed by atoms with Crippen LogP contribution in [0.5, 0.6) is 5.75 Å². The number of anilines is 2. The van der Waals surface area contributed by atoms with E-state index >= 15 is 0 Å². The molecule has 0 aliphatic carbocycles. The van der Waals surface area contributed by atoms with Crippen molar-refractivity contribution in [2.24, 2.45) is 4.99 Å². The number of rotatable bonds is 2. The number of aliphatic imine (C=N–C) groups is 1. The smallest absolute Gasteiger partial charge is 0.326 e. The van der Waals surface area contributed by atoms with Crippen molar-refractivity contribution in [1.29, 1.82) is 0 Å². The van der Waals surface area contributed by atoms with Crippen molar-refractivity contribution in [3.8, 4) is 5.75 Å². The number of phenolic OH excluding ortho intramolecular Hbond substituents is 1. The van der Waals surface area contributed by atoms with Gasteiger partial charge in [0, 0.05) is 24.3 Å². The second-order valence-corrected chi connectivity index (χ2v) is 7.15. The lowest BCUT2D eigenvalue weighted by molar-refractivity contribution is -0.117. The molecule has 0 bridgehead atoms. The second-order valence-electron chi connectivity index (χ2n) is 5.55. The average Bonchev–Trinajstić information content (AvgIpc) is 2.71. The van der Waals surface area contributed by atoms with Crippen LogP contribution in [0, 0.1) is 5.82 Å². The zero-order chi connectivity index (χ0) is 17.5. The predicted molar refractivity (Wildman–Crippen MR) is 85.6 cm³/mol. The van der Waals surface area contributed by atoms with Crippen molar-refractivity contribution in [3.63, 3.8) is 0 Å². The number of amides is 1. The zero-order valence-corrected chi connectivity index (χ0v) is 13.5. The first-order valence-corrected chi connectivity index (χ1v) is 8.64. The van der Waals surface area contributed by atoms with E-state index in [9.17, 15) is 22.7 Å². The monoisotopic (exact) mass is 357 g/mol. The Labute approximate surface area is 137 Å². The molecule has 1 atom stereocenters. The quantitative estimate of drug-likeness (QED) is 0.584. The summed E-state index contributed by atoms with van der Waals surface area (Å²) in [6, 6.07) is 2.39. The Morgan fingerprint density at radius 1 is 1.46 bits per heavy atom. The molecule has 1 aromatic carbocycles. The van der Waals surface area contributed by atoms with Crippen molar-refractivity contribution >= 4 is 33.5 Å². The van der Waals surface area contributed by atoms with Crippen molar-refractivity contribution < 1.29 is 22.7 Å². The van der Waals surface area contributed by atoms with Crippen molar-refractivity contribution in [2.75, 3.05) is 22.7 Å². The molecule has 1 unspecified atom stereocenters. The fourth-order valence-corrected chi connectivity index (χ4v) is 3.65. The van der Waals surface area contributed by atoms with Crippen LogP contribution < -0.4 is 19.7 Å². The van der Waals surface area contributed by atoms with Crippen LogP contribution in [0.2, 0.25) is 0 Å². The van der Waals surface area contributed by atoms with E-state index in [1.165, 1.54) is 6.07 Å². The third kappa shape index (κ3) is 3.07. The summed E-state index contributed by atoms with van der Waals surface area (Å²) in [5.41, 5.74) is -0.379. The third-order valence-electron chi connectivity index (χ3n) is 3.59. The van der Waals surface area contributed by atoms with Crippen LogP contribution in [0.15, 0.2) is 17.1 Å². The van der Waals surface area contributed by atoms with Gasteiger partial charge in [-0.3, -0.25) is 9.79 Å². The van der Waals surface area contributed by atoms with Crippen LogP contribution in [-0.2, 0) is 15.0 Å². The fourth-order valence-electron chi connectivity index (χ4n) is 2.48.